The summed E-state index contributed by atoms with van der Waals surface area (Å²) in [7, 11) is 1.59. The quantitative estimate of drug-likeness (QED) is 0.720. The van der Waals surface area contributed by atoms with E-state index < -0.39 is 5.97 Å². The number of carboxylic acid groups (broad SMARTS) is 1. The van der Waals surface area contributed by atoms with Gasteiger partial charge < -0.3 is 9.84 Å². The lowest BCUT2D eigenvalue weighted by Crippen LogP contribution is -1.98. The number of hydrogen-bond acceptors (Lipinski definition) is 3. The lowest BCUT2D eigenvalue weighted by Gasteiger charge is -2.10. The Kier molecular flexibility index (Phi) is 3.94. The van der Waals surface area contributed by atoms with Gasteiger partial charge in [-0.3, -0.25) is 0 Å². The van der Waals surface area contributed by atoms with Gasteiger partial charge in [0, 0.05) is 10.4 Å². The SMILES string of the molecule is COc1ccc2ccccc2c1/C=C(/C(=O)O)c1cccs1. The van der Waals surface area contributed by atoms with Crippen molar-refractivity contribution < 1.29 is 14.6 Å². The molecule has 110 valence electrons. The number of benzene rings is 2. The van der Waals surface area contributed by atoms with Crippen molar-refractivity contribution >= 4 is 39.7 Å². The van der Waals surface area contributed by atoms with Crippen molar-refractivity contribution in [2.75, 3.05) is 7.11 Å². The topological polar surface area (TPSA) is 46.5 Å². The molecule has 3 aromatic rings. The van der Waals surface area contributed by atoms with E-state index in [1.165, 1.54) is 11.3 Å². The second-order valence-electron chi connectivity index (χ2n) is 4.74. The van der Waals surface area contributed by atoms with Crippen LogP contribution in [0, 0.1) is 0 Å². The third-order valence-electron chi connectivity index (χ3n) is 3.46. The van der Waals surface area contributed by atoms with Crippen molar-refractivity contribution in [2.24, 2.45) is 0 Å². The first kappa shape index (κ1) is 14.4. The summed E-state index contributed by atoms with van der Waals surface area (Å²) in [6, 6.07) is 15.3. The summed E-state index contributed by atoms with van der Waals surface area (Å²) < 4.78 is 5.42. The second-order valence-corrected chi connectivity index (χ2v) is 5.69. The van der Waals surface area contributed by atoms with Crippen LogP contribution in [0.2, 0.25) is 0 Å². The first-order valence-corrected chi connectivity index (χ1v) is 7.63. The fourth-order valence-electron chi connectivity index (χ4n) is 2.42. The summed E-state index contributed by atoms with van der Waals surface area (Å²) in [5.41, 5.74) is 1.05. The molecule has 0 atom stereocenters. The minimum absolute atomic E-state index is 0.268. The maximum Gasteiger partial charge on any atom is 0.337 e. The minimum Gasteiger partial charge on any atom is -0.496 e. The monoisotopic (exact) mass is 310 g/mol. The molecule has 0 spiro atoms. The van der Waals surface area contributed by atoms with Gasteiger partial charge >= 0.3 is 5.97 Å². The van der Waals surface area contributed by atoms with Crippen molar-refractivity contribution in [1.29, 1.82) is 0 Å². The molecule has 22 heavy (non-hydrogen) atoms. The highest BCUT2D eigenvalue weighted by Crippen LogP contribution is 2.32. The smallest absolute Gasteiger partial charge is 0.337 e. The molecule has 0 radical (unpaired) electrons. The molecule has 0 aliphatic rings. The number of rotatable bonds is 4. The van der Waals surface area contributed by atoms with Crippen LogP contribution in [-0.4, -0.2) is 18.2 Å². The molecule has 0 saturated heterocycles. The third kappa shape index (κ3) is 2.61. The van der Waals surface area contributed by atoms with Gasteiger partial charge in [-0.2, -0.15) is 0 Å². The minimum atomic E-state index is -0.947. The van der Waals surface area contributed by atoms with Crippen LogP contribution in [0.5, 0.6) is 5.75 Å². The van der Waals surface area contributed by atoms with Gasteiger partial charge in [0.2, 0.25) is 0 Å². The van der Waals surface area contributed by atoms with Crippen LogP contribution in [0.25, 0.3) is 22.4 Å². The molecule has 2 aromatic carbocycles. The average molecular weight is 310 g/mol. The second kappa shape index (κ2) is 6.03. The zero-order valence-corrected chi connectivity index (χ0v) is 12.8. The fraction of sp³-hybridized carbons (Fsp3) is 0.0556. The van der Waals surface area contributed by atoms with Crippen LogP contribution in [0.15, 0.2) is 53.9 Å². The Morgan fingerprint density at radius 3 is 2.64 bits per heavy atom. The number of ether oxygens (including phenoxy) is 1. The van der Waals surface area contributed by atoms with Crippen LogP contribution in [-0.2, 0) is 4.79 Å². The van der Waals surface area contributed by atoms with Crippen molar-refractivity contribution in [3.63, 3.8) is 0 Å². The van der Waals surface area contributed by atoms with Crippen molar-refractivity contribution in [2.45, 2.75) is 0 Å². The number of hydrogen-bond donors (Lipinski definition) is 1. The van der Waals surface area contributed by atoms with Crippen LogP contribution >= 0.6 is 11.3 Å². The van der Waals surface area contributed by atoms with Gasteiger partial charge in [0.1, 0.15) is 5.75 Å². The summed E-state index contributed by atoms with van der Waals surface area (Å²) in [4.78, 5) is 12.4. The maximum atomic E-state index is 11.6. The first-order valence-electron chi connectivity index (χ1n) is 6.75. The standard InChI is InChI=1S/C18H14O3S/c1-21-16-9-8-12-5-2-3-6-13(12)14(16)11-15(18(19)20)17-7-4-10-22-17/h2-11H,1H3,(H,19,20)/b15-11+. The predicted molar refractivity (Wildman–Crippen MR) is 90.3 cm³/mol. The average Bonchev–Trinajstić information content (AvgIpc) is 3.06. The summed E-state index contributed by atoms with van der Waals surface area (Å²) >= 11 is 1.41. The van der Waals surface area contributed by atoms with E-state index >= 15 is 0 Å². The number of carboxylic acids is 1. The number of aliphatic carboxylic acids is 1. The Hall–Kier alpha value is -2.59. The van der Waals surface area contributed by atoms with Gasteiger partial charge in [0.25, 0.3) is 0 Å². The van der Waals surface area contributed by atoms with Crippen LogP contribution in [0.4, 0.5) is 0 Å². The predicted octanol–water partition coefficient (Wildman–Crippen LogP) is 4.54. The molecule has 0 bridgehead atoms. The zero-order chi connectivity index (χ0) is 15.5. The van der Waals surface area contributed by atoms with Gasteiger partial charge in [-0.05, 0) is 34.4 Å². The van der Waals surface area contributed by atoms with E-state index in [0.717, 1.165) is 21.2 Å². The van der Waals surface area contributed by atoms with E-state index in [4.69, 9.17) is 4.74 Å². The van der Waals surface area contributed by atoms with Gasteiger partial charge in [-0.25, -0.2) is 4.79 Å². The number of fused-ring (bicyclic) bond motifs is 1. The van der Waals surface area contributed by atoms with Crippen LogP contribution < -0.4 is 4.74 Å². The zero-order valence-electron chi connectivity index (χ0n) is 11.9. The Bertz CT molecular complexity index is 848. The van der Waals surface area contributed by atoms with Crippen LogP contribution in [0.1, 0.15) is 10.4 Å². The van der Waals surface area contributed by atoms with E-state index in [0.29, 0.717) is 5.75 Å². The van der Waals surface area contributed by atoms with Crippen molar-refractivity contribution in [3.05, 3.63) is 64.4 Å². The molecule has 0 aliphatic carbocycles. The Morgan fingerprint density at radius 1 is 1.14 bits per heavy atom. The molecule has 1 N–H and O–H groups in total. The summed E-state index contributed by atoms with van der Waals surface area (Å²) in [5, 5.41) is 13.4. The van der Waals surface area contributed by atoms with E-state index in [1.54, 1.807) is 13.2 Å². The molecule has 4 heteroatoms. The van der Waals surface area contributed by atoms with E-state index in [1.807, 2.05) is 53.9 Å². The fourth-order valence-corrected chi connectivity index (χ4v) is 3.15. The maximum absolute atomic E-state index is 11.6. The summed E-state index contributed by atoms with van der Waals surface area (Å²) in [6.45, 7) is 0. The molecular weight excluding hydrogens is 296 g/mol. The van der Waals surface area contributed by atoms with E-state index in [2.05, 4.69) is 0 Å². The van der Waals surface area contributed by atoms with Crippen molar-refractivity contribution in [1.82, 2.24) is 0 Å². The Balaban J connectivity index is 2.28. The number of thiophene rings is 1. The first-order chi connectivity index (χ1) is 10.7. The molecule has 3 rings (SSSR count). The molecule has 1 heterocycles. The van der Waals surface area contributed by atoms with Gasteiger partial charge in [-0.1, -0.05) is 36.4 Å². The summed E-state index contributed by atoms with van der Waals surface area (Å²) in [6.07, 6.45) is 1.69. The molecule has 0 amide bonds. The highest BCUT2D eigenvalue weighted by molar-refractivity contribution is 7.11. The highest BCUT2D eigenvalue weighted by Gasteiger charge is 2.14. The molecule has 3 nitrogen and oxygen atoms in total. The van der Waals surface area contributed by atoms with Gasteiger partial charge in [-0.15, -0.1) is 11.3 Å². The number of methoxy groups -OCH3 is 1. The number of carbonyl (C=O) groups is 1. The van der Waals surface area contributed by atoms with Crippen molar-refractivity contribution in [3.8, 4) is 5.75 Å². The van der Waals surface area contributed by atoms with E-state index in [9.17, 15) is 9.90 Å². The molecule has 1 aromatic heterocycles. The molecule has 0 aliphatic heterocycles. The third-order valence-corrected chi connectivity index (χ3v) is 4.36. The largest absolute Gasteiger partial charge is 0.496 e. The lowest BCUT2D eigenvalue weighted by atomic mass is 10.0. The molecule has 0 saturated carbocycles. The molecule has 0 fully saturated rings. The molecular formula is C18H14O3S. The lowest BCUT2D eigenvalue weighted by molar-refractivity contribution is -0.130. The Morgan fingerprint density at radius 2 is 1.95 bits per heavy atom. The molecule has 0 unspecified atom stereocenters. The van der Waals surface area contributed by atoms with Gasteiger partial charge in [0.05, 0.1) is 12.7 Å². The highest BCUT2D eigenvalue weighted by atomic mass is 32.1. The van der Waals surface area contributed by atoms with Crippen LogP contribution in [0.3, 0.4) is 0 Å². The van der Waals surface area contributed by atoms with E-state index in [-0.39, 0.29) is 5.57 Å². The summed E-state index contributed by atoms with van der Waals surface area (Å²) in [5.74, 6) is -0.286. The normalized spacial score (nSPS) is 11.6. The van der Waals surface area contributed by atoms with Gasteiger partial charge in [0.15, 0.2) is 0 Å². The Labute approximate surface area is 132 Å².